The van der Waals surface area contributed by atoms with Crippen LogP contribution in [0, 0.1) is 0 Å². The fourth-order valence-corrected chi connectivity index (χ4v) is 2.06. The summed E-state index contributed by atoms with van der Waals surface area (Å²) in [6.07, 6.45) is 9.24. The van der Waals surface area contributed by atoms with Crippen molar-refractivity contribution in [2.24, 2.45) is 0 Å². The molecule has 0 radical (unpaired) electrons. The van der Waals surface area contributed by atoms with Crippen molar-refractivity contribution >= 4 is 0 Å². The van der Waals surface area contributed by atoms with Gasteiger partial charge in [0, 0.05) is 6.42 Å². The largest absolute Gasteiger partial charge is 0.381 e. The standard InChI is InChI=1S/C14H29F2NO2/c1-2-3-4-5-6-7-8-9-10-11-14(15,16)17(12-18)13-19/h18-19H,2-13H2,1H3. The van der Waals surface area contributed by atoms with Crippen molar-refractivity contribution in [3.8, 4) is 0 Å². The maximum absolute atomic E-state index is 13.4. The molecule has 0 atom stereocenters. The number of hydrogen-bond donors (Lipinski definition) is 2. The van der Waals surface area contributed by atoms with Crippen LogP contribution in [0.3, 0.4) is 0 Å². The maximum atomic E-state index is 13.4. The average Bonchev–Trinajstić information content (AvgIpc) is 2.38. The van der Waals surface area contributed by atoms with Crippen LogP contribution in [-0.2, 0) is 0 Å². The van der Waals surface area contributed by atoms with Gasteiger partial charge in [0.05, 0.1) is 0 Å². The molecule has 0 saturated carbocycles. The van der Waals surface area contributed by atoms with Gasteiger partial charge in [-0.15, -0.1) is 0 Å². The number of halogens is 2. The summed E-state index contributed by atoms with van der Waals surface area (Å²) < 4.78 is 26.8. The van der Waals surface area contributed by atoms with Crippen LogP contribution >= 0.6 is 0 Å². The fraction of sp³-hybridized carbons (Fsp3) is 1.00. The van der Waals surface area contributed by atoms with Gasteiger partial charge in [-0.25, -0.2) is 0 Å². The van der Waals surface area contributed by atoms with Gasteiger partial charge in [-0.2, -0.15) is 13.7 Å². The Bertz CT molecular complexity index is 200. The highest BCUT2D eigenvalue weighted by Gasteiger charge is 2.35. The summed E-state index contributed by atoms with van der Waals surface area (Å²) in [7, 11) is 0. The minimum atomic E-state index is -3.11. The van der Waals surface area contributed by atoms with Crippen molar-refractivity contribution < 1.29 is 19.0 Å². The lowest BCUT2D eigenvalue weighted by molar-refractivity contribution is -0.201. The lowest BCUT2D eigenvalue weighted by Gasteiger charge is -2.27. The van der Waals surface area contributed by atoms with Gasteiger partial charge >= 0.3 is 6.05 Å². The molecular weight excluding hydrogens is 252 g/mol. The molecule has 0 aliphatic carbocycles. The molecule has 19 heavy (non-hydrogen) atoms. The van der Waals surface area contributed by atoms with E-state index >= 15 is 0 Å². The molecule has 0 fully saturated rings. The Kier molecular flexibility index (Phi) is 11.4. The van der Waals surface area contributed by atoms with Crippen LogP contribution in [0.25, 0.3) is 0 Å². The molecule has 0 aliphatic rings. The first-order valence-corrected chi connectivity index (χ1v) is 7.43. The molecule has 0 aliphatic heterocycles. The van der Waals surface area contributed by atoms with Crippen molar-refractivity contribution in [3.05, 3.63) is 0 Å². The molecule has 0 bridgehead atoms. The van der Waals surface area contributed by atoms with Gasteiger partial charge in [0.15, 0.2) is 0 Å². The molecule has 0 aromatic rings. The van der Waals surface area contributed by atoms with Gasteiger partial charge in [-0.3, -0.25) is 0 Å². The van der Waals surface area contributed by atoms with E-state index in [0.29, 0.717) is 11.3 Å². The van der Waals surface area contributed by atoms with Crippen LogP contribution in [0.1, 0.15) is 71.1 Å². The lowest BCUT2D eigenvalue weighted by Crippen LogP contribution is -2.42. The van der Waals surface area contributed by atoms with Crippen LogP contribution in [0.2, 0.25) is 0 Å². The third-order valence-corrected chi connectivity index (χ3v) is 3.39. The monoisotopic (exact) mass is 281 g/mol. The quantitative estimate of drug-likeness (QED) is 0.307. The van der Waals surface area contributed by atoms with E-state index < -0.39 is 19.5 Å². The van der Waals surface area contributed by atoms with Crippen molar-refractivity contribution in [1.29, 1.82) is 0 Å². The smallest absolute Gasteiger partial charge is 0.308 e. The van der Waals surface area contributed by atoms with Crippen LogP contribution in [0.5, 0.6) is 0 Å². The second-order valence-electron chi connectivity index (χ2n) is 5.07. The lowest BCUT2D eigenvalue weighted by atomic mass is 10.1. The van der Waals surface area contributed by atoms with E-state index in [1.54, 1.807) is 0 Å². The van der Waals surface area contributed by atoms with Gasteiger partial charge < -0.3 is 10.2 Å². The van der Waals surface area contributed by atoms with E-state index in [0.717, 1.165) is 19.3 Å². The molecule has 0 heterocycles. The van der Waals surface area contributed by atoms with E-state index in [9.17, 15) is 8.78 Å². The maximum Gasteiger partial charge on any atom is 0.308 e. The molecule has 0 unspecified atom stereocenters. The third-order valence-electron chi connectivity index (χ3n) is 3.39. The zero-order chi connectivity index (χ0) is 14.6. The van der Waals surface area contributed by atoms with Crippen LogP contribution < -0.4 is 0 Å². The summed E-state index contributed by atoms with van der Waals surface area (Å²) in [4.78, 5) is 0.373. The second kappa shape index (κ2) is 11.6. The first kappa shape index (κ1) is 18.7. The molecule has 0 aromatic heterocycles. The number of aliphatic hydroxyl groups is 2. The zero-order valence-corrected chi connectivity index (χ0v) is 12.1. The molecule has 3 nitrogen and oxygen atoms in total. The summed E-state index contributed by atoms with van der Waals surface area (Å²) in [5.74, 6) is 0. The topological polar surface area (TPSA) is 43.7 Å². The third kappa shape index (κ3) is 9.30. The molecule has 0 rings (SSSR count). The van der Waals surface area contributed by atoms with Gasteiger partial charge in [0.1, 0.15) is 13.5 Å². The first-order chi connectivity index (χ1) is 9.08. The molecule has 116 valence electrons. The Labute approximate surface area is 115 Å². The molecule has 0 aromatic carbocycles. The number of aliphatic hydroxyl groups excluding tert-OH is 2. The number of nitrogens with zero attached hydrogens (tertiary/aromatic N) is 1. The second-order valence-corrected chi connectivity index (χ2v) is 5.07. The number of rotatable bonds is 13. The molecular formula is C14H29F2NO2. The van der Waals surface area contributed by atoms with Gasteiger partial charge in [-0.05, 0) is 6.42 Å². The fourth-order valence-electron chi connectivity index (χ4n) is 2.06. The zero-order valence-electron chi connectivity index (χ0n) is 12.1. The Balaban J connectivity index is 3.47. The highest BCUT2D eigenvalue weighted by Crippen LogP contribution is 2.25. The van der Waals surface area contributed by atoms with E-state index in [1.807, 2.05) is 0 Å². The Morgan fingerprint density at radius 2 is 1.21 bits per heavy atom. The van der Waals surface area contributed by atoms with E-state index in [2.05, 4.69) is 6.92 Å². The van der Waals surface area contributed by atoms with Crippen molar-refractivity contribution in [1.82, 2.24) is 4.90 Å². The summed E-state index contributed by atoms with van der Waals surface area (Å²) in [5.41, 5.74) is 0. The minimum Gasteiger partial charge on any atom is -0.381 e. The molecule has 5 heteroatoms. The SMILES string of the molecule is CCCCCCCCCCCC(F)(F)N(CO)CO. The van der Waals surface area contributed by atoms with Gasteiger partial charge in [0.2, 0.25) is 0 Å². The van der Waals surface area contributed by atoms with E-state index in [-0.39, 0.29) is 6.42 Å². The average molecular weight is 281 g/mol. The number of unbranched alkanes of at least 4 members (excludes halogenated alkanes) is 8. The highest BCUT2D eigenvalue weighted by atomic mass is 19.3. The first-order valence-electron chi connectivity index (χ1n) is 7.43. The Morgan fingerprint density at radius 1 is 0.789 bits per heavy atom. The highest BCUT2D eigenvalue weighted by molar-refractivity contribution is 4.64. The minimum absolute atomic E-state index is 0.302. The normalized spacial score (nSPS) is 12.3. The van der Waals surface area contributed by atoms with E-state index in [4.69, 9.17) is 10.2 Å². The van der Waals surface area contributed by atoms with Crippen molar-refractivity contribution in [3.63, 3.8) is 0 Å². The summed E-state index contributed by atoms with van der Waals surface area (Å²) in [6.45, 7) is 0.546. The van der Waals surface area contributed by atoms with Crippen LogP contribution in [0.4, 0.5) is 8.78 Å². The van der Waals surface area contributed by atoms with Crippen LogP contribution in [-0.4, -0.2) is 34.6 Å². The summed E-state index contributed by atoms with van der Waals surface area (Å²) >= 11 is 0. The van der Waals surface area contributed by atoms with Gasteiger partial charge in [0.25, 0.3) is 0 Å². The predicted molar refractivity (Wildman–Crippen MR) is 72.8 cm³/mol. The van der Waals surface area contributed by atoms with Crippen molar-refractivity contribution in [2.75, 3.05) is 13.5 Å². The molecule has 0 spiro atoms. The van der Waals surface area contributed by atoms with Gasteiger partial charge in [-0.1, -0.05) is 58.3 Å². The Morgan fingerprint density at radius 3 is 1.63 bits per heavy atom. The predicted octanol–water partition coefficient (Wildman–Crippen LogP) is 3.70. The molecule has 2 N–H and O–H groups in total. The van der Waals surface area contributed by atoms with Crippen molar-refractivity contribution in [2.45, 2.75) is 77.2 Å². The number of alkyl halides is 2. The van der Waals surface area contributed by atoms with Crippen LogP contribution in [0.15, 0.2) is 0 Å². The Hall–Kier alpha value is -0.260. The molecule has 0 saturated heterocycles. The molecule has 0 amide bonds. The summed E-state index contributed by atoms with van der Waals surface area (Å²) in [6, 6.07) is -3.11. The summed E-state index contributed by atoms with van der Waals surface area (Å²) in [5, 5.41) is 17.4. The van der Waals surface area contributed by atoms with E-state index in [1.165, 1.54) is 32.1 Å². The number of hydrogen-bond acceptors (Lipinski definition) is 3.